The number of benzene rings is 1. The molecule has 0 atom stereocenters. The molecule has 4 nitrogen and oxygen atoms in total. The molecule has 0 aliphatic carbocycles. The third-order valence-corrected chi connectivity index (χ3v) is 3.64. The normalized spacial score (nSPS) is 14.8. The maximum atomic E-state index is 11.9. The number of rotatable bonds is 2. The third kappa shape index (κ3) is 2.98. The average molecular weight is 273 g/mol. The van der Waals surface area contributed by atoms with Crippen molar-refractivity contribution >= 4 is 35.1 Å². The Kier molecular flexibility index (Phi) is 4.02. The van der Waals surface area contributed by atoms with Crippen molar-refractivity contribution in [3.8, 4) is 5.75 Å². The monoisotopic (exact) mass is 272 g/mol. The molecule has 2 amide bonds. The van der Waals surface area contributed by atoms with Gasteiger partial charge in [0.1, 0.15) is 5.75 Å². The van der Waals surface area contributed by atoms with Crippen LogP contribution >= 0.6 is 23.4 Å². The summed E-state index contributed by atoms with van der Waals surface area (Å²) in [5, 5.41) is 3.37. The van der Waals surface area contributed by atoms with Crippen LogP contribution in [0.4, 0.5) is 10.5 Å². The van der Waals surface area contributed by atoms with Gasteiger partial charge in [-0.1, -0.05) is 11.6 Å². The van der Waals surface area contributed by atoms with Crippen molar-refractivity contribution in [2.45, 2.75) is 0 Å². The lowest BCUT2D eigenvalue weighted by atomic mass is 10.3. The maximum absolute atomic E-state index is 11.9. The van der Waals surface area contributed by atoms with Gasteiger partial charge in [-0.25, -0.2) is 4.79 Å². The van der Waals surface area contributed by atoms with E-state index in [1.807, 2.05) is 0 Å². The molecule has 1 aliphatic rings. The molecule has 0 aromatic heterocycles. The highest BCUT2D eigenvalue weighted by Gasteiger charge is 2.19. The Hall–Kier alpha value is -1.07. The van der Waals surface area contributed by atoms with Crippen molar-refractivity contribution in [3.05, 3.63) is 23.2 Å². The maximum Gasteiger partial charge on any atom is 0.322 e. The van der Waals surface area contributed by atoms with E-state index in [9.17, 15) is 4.79 Å². The number of amides is 2. The third-order valence-electron chi connectivity index (χ3n) is 2.44. The van der Waals surface area contributed by atoms with E-state index in [0.29, 0.717) is 16.5 Å². The van der Waals surface area contributed by atoms with Gasteiger partial charge in [-0.3, -0.25) is 0 Å². The lowest BCUT2D eigenvalue weighted by Crippen LogP contribution is -2.32. The number of methoxy groups -OCH3 is 1. The fourth-order valence-corrected chi connectivity index (χ4v) is 2.66. The minimum absolute atomic E-state index is 0.115. The fourth-order valence-electron chi connectivity index (χ4n) is 1.55. The smallest absolute Gasteiger partial charge is 0.322 e. The van der Waals surface area contributed by atoms with Crippen LogP contribution in [0.25, 0.3) is 0 Å². The number of nitrogens with zero attached hydrogens (tertiary/aromatic N) is 1. The zero-order valence-electron chi connectivity index (χ0n) is 9.40. The second kappa shape index (κ2) is 5.51. The zero-order valence-corrected chi connectivity index (χ0v) is 11.0. The predicted molar refractivity (Wildman–Crippen MR) is 71.1 cm³/mol. The zero-order chi connectivity index (χ0) is 12.3. The van der Waals surface area contributed by atoms with E-state index in [2.05, 4.69) is 5.32 Å². The van der Waals surface area contributed by atoms with Gasteiger partial charge in [0.15, 0.2) is 0 Å². The van der Waals surface area contributed by atoms with Crippen LogP contribution < -0.4 is 10.1 Å². The number of urea groups is 1. The van der Waals surface area contributed by atoms with Gasteiger partial charge in [0, 0.05) is 17.3 Å². The molecular weight excluding hydrogens is 260 g/mol. The van der Waals surface area contributed by atoms with Gasteiger partial charge in [-0.2, -0.15) is 0 Å². The van der Waals surface area contributed by atoms with Crippen LogP contribution in [0.5, 0.6) is 5.75 Å². The Morgan fingerprint density at radius 3 is 3.06 bits per heavy atom. The Labute approximate surface area is 109 Å². The molecule has 1 fully saturated rings. The first kappa shape index (κ1) is 12.4. The molecule has 1 N–H and O–H groups in total. The molecule has 1 heterocycles. The number of anilines is 1. The minimum atomic E-state index is -0.115. The van der Waals surface area contributed by atoms with E-state index in [4.69, 9.17) is 16.3 Å². The average Bonchev–Trinajstić information content (AvgIpc) is 2.83. The lowest BCUT2D eigenvalue weighted by molar-refractivity contribution is 0.225. The molecular formula is C11H13ClN2O2S. The van der Waals surface area contributed by atoms with Gasteiger partial charge in [-0.15, -0.1) is 11.8 Å². The molecule has 0 spiro atoms. The van der Waals surface area contributed by atoms with Gasteiger partial charge in [0.05, 0.1) is 18.7 Å². The van der Waals surface area contributed by atoms with Gasteiger partial charge >= 0.3 is 6.03 Å². The number of thioether (sulfide) groups is 1. The predicted octanol–water partition coefficient (Wildman–Crippen LogP) is 2.89. The van der Waals surface area contributed by atoms with Crippen LogP contribution in [0.15, 0.2) is 18.2 Å². The van der Waals surface area contributed by atoms with Crippen molar-refractivity contribution in [2.24, 2.45) is 0 Å². The topological polar surface area (TPSA) is 41.6 Å². The van der Waals surface area contributed by atoms with Gasteiger partial charge in [0.25, 0.3) is 0 Å². The van der Waals surface area contributed by atoms with Gasteiger partial charge in [-0.05, 0) is 18.2 Å². The lowest BCUT2D eigenvalue weighted by Gasteiger charge is -2.17. The van der Waals surface area contributed by atoms with Gasteiger partial charge < -0.3 is 15.0 Å². The molecule has 92 valence electrons. The van der Waals surface area contributed by atoms with E-state index in [-0.39, 0.29) is 6.03 Å². The van der Waals surface area contributed by atoms with E-state index in [0.717, 1.165) is 18.2 Å². The first-order chi connectivity index (χ1) is 8.20. The Bertz CT molecular complexity index is 422. The summed E-state index contributed by atoms with van der Waals surface area (Å²) in [7, 11) is 1.56. The van der Waals surface area contributed by atoms with Crippen LogP contribution in [0, 0.1) is 0 Å². The first-order valence-corrected chi connectivity index (χ1v) is 6.71. The molecule has 17 heavy (non-hydrogen) atoms. The van der Waals surface area contributed by atoms with Crippen molar-refractivity contribution in [2.75, 3.05) is 30.6 Å². The van der Waals surface area contributed by atoms with E-state index >= 15 is 0 Å². The molecule has 2 rings (SSSR count). The molecule has 1 saturated heterocycles. The summed E-state index contributed by atoms with van der Waals surface area (Å²) in [5.41, 5.74) is 0.599. The SMILES string of the molecule is COc1ccc(Cl)cc1NC(=O)N1CCSC1. The molecule has 0 bridgehead atoms. The largest absolute Gasteiger partial charge is 0.495 e. The molecule has 0 radical (unpaired) electrons. The number of carbonyl (C=O) groups is 1. The van der Waals surface area contributed by atoms with Crippen LogP contribution in [0.1, 0.15) is 0 Å². The van der Waals surface area contributed by atoms with Crippen molar-refractivity contribution in [1.82, 2.24) is 4.90 Å². The second-order valence-electron chi connectivity index (χ2n) is 3.58. The molecule has 1 aliphatic heterocycles. The molecule has 0 saturated carbocycles. The van der Waals surface area contributed by atoms with E-state index < -0.39 is 0 Å². The van der Waals surface area contributed by atoms with E-state index in [1.54, 1.807) is 42.0 Å². The van der Waals surface area contributed by atoms with Crippen LogP contribution in [-0.2, 0) is 0 Å². The highest BCUT2D eigenvalue weighted by molar-refractivity contribution is 7.99. The number of hydrogen-bond acceptors (Lipinski definition) is 3. The summed E-state index contributed by atoms with van der Waals surface area (Å²) in [5.74, 6) is 2.32. The number of ether oxygens (including phenoxy) is 1. The number of halogens is 1. The molecule has 0 unspecified atom stereocenters. The van der Waals surface area contributed by atoms with E-state index in [1.165, 1.54) is 0 Å². The summed E-state index contributed by atoms with van der Waals surface area (Å²) < 4.78 is 5.17. The molecule has 1 aromatic carbocycles. The Morgan fingerprint density at radius 2 is 2.41 bits per heavy atom. The van der Waals surface area contributed by atoms with Crippen LogP contribution in [0.2, 0.25) is 5.02 Å². The summed E-state index contributed by atoms with van der Waals surface area (Å²) in [6.45, 7) is 0.777. The molecule has 6 heteroatoms. The summed E-state index contributed by atoms with van der Waals surface area (Å²) in [6.07, 6.45) is 0. The second-order valence-corrected chi connectivity index (χ2v) is 5.09. The Morgan fingerprint density at radius 1 is 1.59 bits per heavy atom. The first-order valence-electron chi connectivity index (χ1n) is 5.18. The van der Waals surface area contributed by atoms with Crippen LogP contribution in [-0.4, -0.2) is 36.2 Å². The quantitative estimate of drug-likeness (QED) is 0.900. The highest BCUT2D eigenvalue weighted by atomic mass is 35.5. The minimum Gasteiger partial charge on any atom is -0.495 e. The molecule has 1 aromatic rings. The number of hydrogen-bond donors (Lipinski definition) is 1. The fraction of sp³-hybridized carbons (Fsp3) is 0.364. The van der Waals surface area contributed by atoms with Crippen molar-refractivity contribution < 1.29 is 9.53 Å². The summed E-state index contributed by atoms with van der Waals surface area (Å²) >= 11 is 7.63. The number of carbonyl (C=O) groups excluding carboxylic acids is 1. The standard InChI is InChI=1S/C11H13ClN2O2S/c1-16-10-3-2-8(12)6-9(10)13-11(15)14-4-5-17-7-14/h2-3,6H,4-5,7H2,1H3,(H,13,15). The number of nitrogens with one attached hydrogen (secondary N) is 1. The summed E-state index contributed by atoms with van der Waals surface area (Å²) in [6, 6.07) is 5.02. The Balaban J connectivity index is 2.11. The van der Waals surface area contributed by atoms with Crippen molar-refractivity contribution in [1.29, 1.82) is 0 Å². The van der Waals surface area contributed by atoms with Crippen molar-refractivity contribution in [3.63, 3.8) is 0 Å². The van der Waals surface area contributed by atoms with Gasteiger partial charge in [0.2, 0.25) is 0 Å². The highest BCUT2D eigenvalue weighted by Crippen LogP contribution is 2.28. The van der Waals surface area contributed by atoms with Crippen LogP contribution in [0.3, 0.4) is 0 Å². The summed E-state index contributed by atoms with van der Waals surface area (Å²) in [4.78, 5) is 13.7.